The third kappa shape index (κ3) is 5.22. The summed E-state index contributed by atoms with van der Waals surface area (Å²) < 4.78 is 4.95. The minimum Gasteiger partial charge on any atom is -0.317 e. The Bertz CT molecular complexity index is 3670. The summed E-state index contributed by atoms with van der Waals surface area (Å²) >= 11 is 1.89. The van der Waals surface area contributed by atoms with Gasteiger partial charge >= 0.3 is 0 Å². The smallest absolute Gasteiger partial charge is 0.156 e. The van der Waals surface area contributed by atoms with Crippen molar-refractivity contribution in [3.63, 3.8) is 0 Å². The maximum Gasteiger partial charge on any atom is 0.156 e. The summed E-state index contributed by atoms with van der Waals surface area (Å²) in [5.41, 5.74) is 14.1. The van der Waals surface area contributed by atoms with Gasteiger partial charge in [0.1, 0.15) is 6.17 Å². The summed E-state index contributed by atoms with van der Waals surface area (Å²) in [5, 5.41) is 7.63. The largest absolute Gasteiger partial charge is 0.317 e. The van der Waals surface area contributed by atoms with Gasteiger partial charge in [0, 0.05) is 53.9 Å². The van der Waals surface area contributed by atoms with Crippen molar-refractivity contribution in [2.45, 2.75) is 22.9 Å². The number of amidine groups is 1. The third-order valence-electron chi connectivity index (χ3n) is 13.0. The number of hydrogen-bond acceptors (Lipinski definition) is 3. The van der Waals surface area contributed by atoms with Crippen LogP contribution in [0, 0.1) is 5.92 Å². The minimum atomic E-state index is -0.224. The van der Waals surface area contributed by atoms with E-state index in [0.717, 1.165) is 39.4 Å². The van der Waals surface area contributed by atoms with E-state index in [4.69, 9.17) is 9.98 Å². The molecular weight excluding hydrogens is 773 g/mol. The lowest BCUT2D eigenvalue weighted by atomic mass is 9.93. The molecule has 4 nitrogen and oxygen atoms in total. The molecule has 2 aromatic heterocycles. The van der Waals surface area contributed by atoms with E-state index in [-0.39, 0.29) is 12.1 Å². The summed E-state index contributed by atoms with van der Waals surface area (Å²) in [4.78, 5) is 13.4. The molecule has 0 aliphatic carbocycles. The van der Waals surface area contributed by atoms with E-state index in [9.17, 15) is 0 Å². The molecule has 5 heteroatoms. The SMILES string of the molecule is CC1C(c2ccccc2)=NC(c2ccccc2)=NC1n1c2ccccc2c2c(-c3ccc4c5c6cccc7c6c(cc5n(-c5ccccc5)c4c3)Sc3ccccc3-7)cccc21. The van der Waals surface area contributed by atoms with Crippen molar-refractivity contribution in [2.75, 3.05) is 0 Å². The molecule has 4 heterocycles. The van der Waals surface area contributed by atoms with Gasteiger partial charge < -0.3 is 9.13 Å². The number of benzene rings is 9. The zero-order valence-corrected chi connectivity index (χ0v) is 34.7. The van der Waals surface area contributed by atoms with Crippen molar-refractivity contribution in [1.29, 1.82) is 0 Å². The number of aliphatic imine (C=N–C) groups is 2. The Morgan fingerprint density at radius 1 is 0.435 bits per heavy atom. The van der Waals surface area contributed by atoms with Crippen molar-refractivity contribution in [3.8, 4) is 27.9 Å². The van der Waals surface area contributed by atoms with Gasteiger partial charge in [-0.3, -0.25) is 0 Å². The monoisotopic (exact) mass is 810 g/mol. The Kier molecular flexibility index (Phi) is 7.85. The van der Waals surface area contributed by atoms with Crippen molar-refractivity contribution in [2.24, 2.45) is 15.9 Å². The molecule has 0 spiro atoms. The highest BCUT2D eigenvalue weighted by Gasteiger charge is 2.32. The molecule has 62 heavy (non-hydrogen) atoms. The van der Waals surface area contributed by atoms with Gasteiger partial charge in [-0.05, 0) is 75.7 Å². The van der Waals surface area contributed by atoms with Crippen molar-refractivity contribution >= 4 is 77.7 Å². The Balaban J connectivity index is 1.05. The lowest BCUT2D eigenvalue weighted by molar-refractivity contribution is 0.464. The number of rotatable bonds is 5. The predicted octanol–water partition coefficient (Wildman–Crippen LogP) is 14.9. The summed E-state index contributed by atoms with van der Waals surface area (Å²) in [6.45, 7) is 2.28. The maximum absolute atomic E-state index is 5.51. The standard InChI is InChI=1S/C57H38N4S/c1-35-55(36-17-5-2-6-18-36)58-56(37-19-7-3-8-20-37)59-57(35)61-46-28-13-11-24-43(46)52-40(25-16-29-47(52)61)38-31-32-44-48(33-38)60(39-21-9-4-10-22-39)49-34-51-54-42(26-15-27-45(54)53(44)49)41-23-12-14-30-50(41)62-51/h2-35,57H,1H3. The molecular formula is C57H38N4S. The first-order valence-electron chi connectivity index (χ1n) is 21.4. The van der Waals surface area contributed by atoms with Crippen LogP contribution in [0.4, 0.5) is 0 Å². The van der Waals surface area contributed by atoms with E-state index in [2.05, 4.69) is 210 Å². The van der Waals surface area contributed by atoms with Crippen LogP contribution in [-0.4, -0.2) is 20.7 Å². The normalized spacial score (nSPS) is 16.0. The molecule has 13 rings (SSSR count). The molecule has 0 amide bonds. The van der Waals surface area contributed by atoms with Crippen molar-refractivity contribution in [3.05, 3.63) is 211 Å². The molecule has 0 radical (unpaired) electrons. The third-order valence-corrected chi connectivity index (χ3v) is 14.2. The number of aromatic nitrogens is 2. The van der Waals surface area contributed by atoms with E-state index in [1.165, 1.54) is 75.4 Å². The van der Waals surface area contributed by atoms with Crippen LogP contribution in [-0.2, 0) is 0 Å². The second-order valence-corrected chi connectivity index (χ2v) is 17.6. The first-order chi connectivity index (χ1) is 30.7. The molecule has 11 aromatic rings. The number of fused-ring (bicyclic) bond motifs is 9. The Morgan fingerprint density at radius 2 is 1.08 bits per heavy atom. The molecule has 0 saturated heterocycles. The summed E-state index contributed by atoms with van der Waals surface area (Å²) in [6.07, 6.45) is -0.224. The van der Waals surface area contributed by atoms with E-state index in [1.54, 1.807) is 0 Å². The van der Waals surface area contributed by atoms with Gasteiger partial charge in [0.2, 0.25) is 0 Å². The van der Waals surface area contributed by atoms with Crippen LogP contribution >= 0.6 is 11.8 Å². The van der Waals surface area contributed by atoms with Crippen LogP contribution in [0.25, 0.3) is 82.3 Å². The number of para-hydroxylation sites is 2. The van der Waals surface area contributed by atoms with Crippen LogP contribution in [0.5, 0.6) is 0 Å². The lowest BCUT2D eigenvalue weighted by Gasteiger charge is -2.30. The number of nitrogens with zero attached hydrogens (tertiary/aromatic N) is 4. The van der Waals surface area contributed by atoms with Crippen LogP contribution in [0.3, 0.4) is 0 Å². The predicted molar refractivity (Wildman–Crippen MR) is 260 cm³/mol. The average Bonchev–Trinajstić information content (AvgIpc) is 3.85. The zero-order chi connectivity index (χ0) is 40.9. The Labute approximate surface area is 363 Å². The zero-order valence-electron chi connectivity index (χ0n) is 33.9. The molecule has 292 valence electrons. The molecule has 2 atom stereocenters. The Morgan fingerprint density at radius 3 is 1.92 bits per heavy atom. The lowest BCUT2D eigenvalue weighted by Crippen LogP contribution is -2.29. The fraction of sp³-hybridized carbons (Fsp3) is 0.0526. The molecule has 2 unspecified atom stereocenters. The highest BCUT2D eigenvalue weighted by Crippen LogP contribution is 2.52. The highest BCUT2D eigenvalue weighted by molar-refractivity contribution is 7.99. The molecule has 0 bridgehead atoms. The van der Waals surface area contributed by atoms with Gasteiger partial charge in [0.25, 0.3) is 0 Å². The van der Waals surface area contributed by atoms with Gasteiger partial charge in [0.15, 0.2) is 5.84 Å². The van der Waals surface area contributed by atoms with Gasteiger partial charge in [-0.25, -0.2) is 9.98 Å². The second kappa shape index (κ2) is 13.8. The molecule has 9 aromatic carbocycles. The summed E-state index contributed by atoms with van der Waals surface area (Å²) in [5.74, 6) is 0.766. The minimum absolute atomic E-state index is 0.00711. The average molecular weight is 811 g/mol. The van der Waals surface area contributed by atoms with Gasteiger partial charge in [0.05, 0.1) is 27.8 Å². The second-order valence-electron chi connectivity index (χ2n) is 16.5. The molecule has 0 N–H and O–H groups in total. The van der Waals surface area contributed by atoms with E-state index >= 15 is 0 Å². The Hall–Kier alpha value is -7.47. The van der Waals surface area contributed by atoms with Crippen molar-refractivity contribution < 1.29 is 0 Å². The van der Waals surface area contributed by atoms with E-state index in [1.807, 2.05) is 17.8 Å². The first kappa shape index (κ1) is 35.3. The van der Waals surface area contributed by atoms with Crippen molar-refractivity contribution in [1.82, 2.24) is 9.13 Å². The van der Waals surface area contributed by atoms with Gasteiger partial charge in [-0.15, -0.1) is 0 Å². The van der Waals surface area contributed by atoms with Gasteiger partial charge in [-0.2, -0.15) is 0 Å². The summed E-state index contributed by atoms with van der Waals surface area (Å²) in [7, 11) is 0. The molecule has 0 saturated carbocycles. The quantitative estimate of drug-likeness (QED) is 0.170. The first-order valence-corrected chi connectivity index (χ1v) is 22.2. The maximum atomic E-state index is 5.51. The van der Waals surface area contributed by atoms with E-state index in [0.29, 0.717) is 0 Å². The molecule has 0 fully saturated rings. The number of hydrogen-bond donors (Lipinski definition) is 0. The molecule has 2 aliphatic rings. The van der Waals surface area contributed by atoms with Gasteiger partial charge in [-0.1, -0.05) is 176 Å². The molecule has 2 aliphatic heterocycles. The van der Waals surface area contributed by atoms with Crippen LogP contribution in [0.1, 0.15) is 24.2 Å². The van der Waals surface area contributed by atoms with Crippen LogP contribution in [0.15, 0.2) is 220 Å². The van der Waals surface area contributed by atoms with Crippen LogP contribution < -0.4 is 0 Å². The van der Waals surface area contributed by atoms with Crippen LogP contribution in [0.2, 0.25) is 0 Å². The fourth-order valence-electron chi connectivity index (χ4n) is 10.3. The fourth-order valence-corrected chi connectivity index (χ4v) is 11.5. The highest BCUT2D eigenvalue weighted by atomic mass is 32.2. The summed E-state index contributed by atoms with van der Waals surface area (Å²) in [6, 6.07) is 72.8. The topological polar surface area (TPSA) is 34.6 Å². The van der Waals surface area contributed by atoms with E-state index < -0.39 is 0 Å².